The summed E-state index contributed by atoms with van der Waals surface area (Å²) < 4.78 is 16.0. The van der Waals surface area contributed by atoms with E-state index in [2.05, 4.69) is 5.32 Å². The molecule has 1 fully saturated rings. The summed E-state index contributed by atoms with van der Waals surface area (Å²) in [5.74, 6) is 0.140. The van der Waals surface area contributed by atoms with Gasteiger partial charge in [-0.1, -0.05) is 6.07 Å². The van der Waals surface area contributed by atoms with Gasteiger partial charge in [-0.15, -0.1) is 0 Å². The van der Waals surface area contributed by atoms with Crippen LogP contribution in [0.15, 0.2) is 48.5 Å². The summed E-state index contributed by atoms with van der Waals surface area (Å²) in [6.45, 7) is 0.638. The lowest BCUT2D eigenvalue weighted by Crippen LogP contribution is -2.31. The molecule has 1 atom stereocenters. The first kappa shape index (κ1) is 22.1. The molecule has 9 nitrogen and oxygen atoms in total. The smallest absolute Gasteiger partial charge is 0.262 e. The van der Waals surface area contributed by atoms with Crippen LogP contribution in [0, 0.1) is 0 Å². The summed E-state index contributed by atoms with van der Waals surface area (Å²) in [7, 11) is 1.55. The van der Waals surface area contributed by atoms with Gasteiger partial charge in [0.25, 0.3) is 11.8 Å². The van der Waals surface area contributed by atoms with Crippen LogP contribution in [0.3, 0.4) is 0 Å². The number of ether oxygens (including phenoxy) is 3. The summed E-state index contributed by atoms with van der Waals surface area (Å²) in [4.78, 5) is 37.2. The Bertz CT molecular complexity index is 931. The van der Waals surface area contributed by atoms with Crippen molar-refractivity contribution < 1.29 is 28.6 Å². The third kappa shape index (κ3) is 6.45. The number of primary amides is 1. The van der Waals surface area contributed by atoms with Gasteiger partial charge in [0.1, 0.15) is 18.1 Å². The minimum Gasteiger partial charge on any atom is -0.497 e. The molecule has 3 N–H and O–H groups in total. The third-order valence-electron chi connectivity index (χ3n) is 4.72. The van der Waals surface area contributed by atoms with Crippen LogP contribution in [0.1, 0.15) is 16.8 Å². The molecule has 164 valence electrons. The number of carbonyl (C=O) groups excluding carboxylic acids is 3. The molecule has 0 spiro atoms. The first-order valence-corrected chi connectivity index (χ1v) is 9.80. The van der Waals surface area contributed by atoms with E-state index in [1.807, 2.05) is 0 Å². The van der Waals surface area contributed by atoms with Crippen LogP contribution in [0.4, 0.5) is 5.69 Å². The molecule has 2 aromatic carbocycles. The number of methoxy groups -OCH3 is 1. The Morgan fingerprint density at radius 2 is 1.87 bits per heavy atom. The molecular weight excluding hydrogens is 402 g/mol. The van der Waals surface area contributed by atoms with Gasteiger partial charge in [0, 0.05) is 30.4 Å². The zero-order valence-corrected chi connectivity index (χ0v) is 17.2. The Labute approximate surface area is 180 Å². The highest BCUT2D eigenvalue weighted by molar-refractivity contribution is 5.94. The zero-order chi connectivity index (χ0) is 22.2. The SMILES string of the molecule is COc1cccc(NC(=O)COc2ccc(C(=O)N3CC[C@H](OCC(N)=O)C3)cc2)c1. The van der Waals surface area contributed by atoms with Gasteiger partial charge in [0.2, 0.25) is 5.91 Å². The van der Waals surface area contributed by atoms with Gasteiger partial charge in [-0.3, -0.25) is 14.4 Å². The Morgan fingerprint density at radius 3 is 2.58 bits per heavy atom. The molecule has 0 aliphatic carbocycles. The Balaban J connectivity index is 1.47. The van der Waals surface area contributed by atoms with Gasteiger partial charge < -0.3 is 30.2 Å². The van der Waals surface area contributed by atoms with Crippen molar-refractivity contribution in [2.75, 3.05) is 38.7 Å². The summed E-state index contributed by atoms with van der Waals surface area (Å²) in [6.07, 6.45) is 0.463. The second-order valence-electron chi connectivity index (χ2n) is 7.03. The van der Waals surface area contributed by atoms with E-state index in [9.17, 15) is 14.4 Å². The molecular formula is C22H25N3O6. The van der Waals surface area contributed by atoms with E-state index in [1.54, 1.807) is 60.5 Å². The van der Waals surface area contributed by atoms with E-state index in [1.165, 1.54) is 0 Å². The lowest BCUT2D eigenvalue weighted by molar-refractivity contribution is -0.124. The number of nitrogens with one attached hydrogen (secondary N) is 1. The highest BCUT2D eigenvalue weighted by atomic mass is 16.5. The average molecular weight is 427 g/mol. The van der Waals surface area contributed by atoms with E-state index in [0.29, 0.717) is 42.3 Å². The van der Waals surface area contributed by atoms with Gasteiger partial charge in [-0.05, 0) is 42.8 Å². The van der Waals surface area contributed by atoms with Crippen molar-refractivity contribution in [2.45, 2.75) is 12.5 Å². The molecule has 0 saturated carbocycles. The Morgan fingerprint density at radius 1 is 1.10 bits per heavy atom. The molecule has 31 heavy (non-hydrogen) atoms. The Hall–Kier alpha value is -3.59. The minimum absolute atomic E-state index is 0.132. The molecule has 3 rings (SSSR count). The molecule has 0 aromatic heterocycles. The number of hydrogen-bond acceptors (Lipinski definition) is 6. The van der Waals surface area contributed by atoms with E-state index >= 15 is 0 Å². The number of anilines is 1. The van der Waals surface area contributed by atoms with Crippen LogP contribution >= 0.6 is 0 Å². The highest BCUT2D eigenvalue weighted by Crippen LogP contribution is 2.19. The Kier molecular flexibility index (Phi) is 7.45. The lowest BCUT2D eigenvalue weighted by Gasteiger charge is -2.17. The van der Waals surface area contributed by atoms with Gasteiger partial charge in [-0.2, -0.15) is 0 Å². The number of amides is 3. The number of nitrogens with two attached hydrogens (primary N) is 1. The van der Waals surface area contributed by atoms with Crippen LogP contribution in [0.2, 0.25) is 0 Å². The molecule has 9 heteroatoms. The molecule has 3 amide bonds. The summed E-state index contributed by atoms with van der Waals surface area (Å²) in [6, 6.07) is 13.6. The van der Waals surface area contributed by atoms with Crippen LogP contribution in [-0.2, 0) is 14.3 Å². The van der Waals surface area contributed by atoms with Crippen LogP contribution < -0.4 is 20.5 Å². The number of carbonyl (C=O) groups is 3. The summed E-state index contributed by atoms with van der Waals surface area (Å²) in [5.41, 5.74) is 6.19. The number of rotatable bonds is 9. The molecule has 1 heterocycles. The van der Waals surface area contributed by atoms with E-state index < -0.39 is 5.91 Å². The van der Waals surface area contributed by atoms with Crippen molar-refractivity contribution in [1.82, 2.24) is 4.90 Å². The lowest BCUT2D eigenvalue weighted by atomic mass is 10.2. The fourth-order valence-corrected chi connectivity index (χ4v) is 3.17. The number of hydrogen-bond donors (Lipinski definition) is 2. The quantitative estimate of drug-likeness (QED) is 0.625. The molecule has 2 aromatic rings. The topological polar surface area (TPSA) is 120 Å². The van der Waals surface area contributed by atoms with Gasteiger partial charge in [0.15, 0.2) is 6.61 Å². The molecule has 1 aliphatic heterocycles. The predicted octanol–water partition coefficient (Wildman–Crippen LogP) is 1.43. The largest absolute Gasteiger partial charge is 0.497 e. The van der Waals surface area contributed by atoms with Crippen molar-refractivity contribution in [3.05, 3.63) is 54.1 Å². The van der Waals surface area contributed by atoms with Gasteiger partial charge in [-0.25, -0.2) is 0 Å². The van der Waals surface area contributed by atoms with Gasteiger partial charge in [0.05, 0.1) is 13.2 Å². The fraction of sp³-hybridized carbons (Fsp3) is 0.318. The third-order valence-corrected chi connectivity index (χ3v) is 4.72. The maximum absolute atomic E-state index is 12.6. The van der Waals surface area contributed by atoms with Gasteiger partial charge >= 0.3 is 0 Å². The standard InChI is InChI=1S/C22H25N3O6/c1-29-18-4-2-3-16(11-18)24-21(27)14-31-17-7-5-15(6-8-17)22(28)25-10-9-19(12-25)30-13-20(23)26/h2-8,11,19H,9-10,12-14H2,1H3,(H2,23,26)(H,24,27)/t19-/m0/s1. The van der Waals surface area contributed by atoms with E-state index in [-0.39, 0.29) is 31.1 Å². The van der Waals surface area contributed by atoms with E-state index in [0.717, 1.165) is 0 Å². The molecule has 0 radical (unpaired) electrons. The molecule has 1 aliphatic rings. The highest BCUT2D eigenvalue weighted by Gasteiger charge is 2.27. The molecule has 0 bridgehead atoms. The first-order chi connectivity index (χ1) is 14.9. The maximum Gasteiger partial charge on any atom is 0.262 e. The monoisotopic (exact) mass is 427 g/mol. The fourth-order valence-electron chi connectivity index (χ4n) is 3.17. The van der Waals surface area contributed by atoms with Crippen LogP contribution in [-0.4, -0.2) is 62.1 Å². The van der Waals surface area contributed by atoms with Crippen LogP contribution in [0.25, 0.3) is 0 Å². The van der Waals surface area contributed by atoms with Crippen molar-refractivity contribution in [2.24, 2.45) is 5.73 Å². The first-order valence-electron chi connectivity index (χ1n) is 9.80. The normalized spacial score (nSPS) is 15.4. The number of likely N-dealkylation sites (tertiary alicyclic amines) is 1. The predicted molar refractivity (Wildman–Crippen MR) is 113 cm³/mol. The van der Waals surface area contributed by atoms with Crippen molar-refractivity contribution in [3.8, 4) is 11.5 Å². The zero-order valence-electron chi connectivity index (χ0n) is 17.2. The summed E-state index contributed by atoms with van der Waals surface area (Å²) in [5, 5.41) is 2.73. The molecule has 0 unspecified atom stereocenters. The summed E-state index contributed by atoms with van der Waals surface area (Å²) >= 11 is 0. The van der Waals surface area contributed by atoms with Crippen molar-refractivity contribution in [3.63, 3.8) is 0 Å². The molecule has 1 saturated heterocycles. The maximum atomic E-state index is 12.6. The van der Waals surface area contributed by atoms with Crippen LogP contribution in [0.5, 0.6) is 11.5 Å². The second kappa shape index (κ2) is 10.4. The van der Waals surface area contributed by atoms with E-state index in [4.69, 9.17) is 19.9 Å². The number of benzene rings is 2. The number of nitrogens with zero attached hydrogens (tertiary/aromatic N) is 1. The minimum atomic E-state index is -0.530. The second-order valence-corrected chi connectivity index (χ2v) is 7.03. The van der Waals surface area contributed by atoms with Crippen molar-refractivity contribution in [1.29, 1.82) is 0 Å². The average Bonchev–Trinajstić information content (AvgIpc) is 3.25. The van der Waals surface area contributed by atoms with Crippen molar-refractivity contribution >= 4 is 23.4 Å².